The zero-order valence-corrected chi connectivity index (χ0v) is 12.3. The predicted molar refractivity (Wildman–Crippen MR) is 79.6 cm³/mol. The molecule has 2 aromatic carbocycles. The predicted octanol–water partition coefficient (Wildman–Crippen LogP) is 5.19. The Bertz CT molecular complexity index is 866. The van der Waals surface area contributed by atoms with Crippen LogP contribution in [0.15, 0.2) is 30.3 Å². The highest BCUT2D eigenvalue weighted by molar-refractivity contribution is 6.34. The monoisotopic (exact) mass is 324 g/mol. The lowest BCUT2D eigenvalue weighted by Crippen LogP contribution is -1.97. The number of nitrogens with zero attached hydrogens (tertiary/aromatic N) is 2. The molecule has 0 atom stereocenters. The molecule has 21 heavy (non-hydrogen) atoms. The van der Waals surface area contributed by atoms with E-state index in [9.17, 15) is 8.78 Å². The minimum atomic E-state index is -0.664. The van der Waals surface area contributed by atoms with Crippen LogP contribution in [0.5, 0.6) is 0 Å². The number of benzene rings is 2. The molecule has 3 rings (SSSR count). The molecular weight excluding hydrogens is 317 g/mol. The fourth-order valence-electron chi connectivity index (χ4n) is 2.11. The van der Waals surface area contributed by atoms with E-state index in [1.807, 2.05) is 0 Å². The van der Waals surface area contributed by atoms with E-state index < -0.39 is 11.6 Å². The van der Waals surface area contributed by atoms with Crippen LogP contribution in [0.1, 0.15) is 5.56 Å². The Kier molecular flexibility index (Phi) is 3.51. The largest absolute Gasteiger partial charge is 0.225 e. The molecule has 6 heteroatoms. The van der Waals surface area contributed by atoms with Gasteiger partial charge >= 0.3 is 0 Å². The van der Waals surface area contributed by atoms with Crippen molar-refractivity contribution in [3.63, 3.8) is 0 Å². The van der Waals surface area contributed by atoms with Crippen molar-refractivity contribution in [2.24, 2.45) is 0 Å². The summed E-state index contributed by atoms with van der Waals surface area (Å²) in [5, 5.41) is 0.436. The third-order valence-corrected chi connectivity index (χ3v) is 3.72. The van der Waals surface area contributed by atoms with Crippen LogP contribution in [0, 0.1) is 18.6 Å². The van der Waals surface area contributed by atoms with E-state index in [1.54, 1.807) is 19.1 Å². The molecule has 0 radical (unpaired) electrons. The Morgan fingerprint density at radius 2 is 1.76 bits per heavy atom. The summed E-state index contributed by atoms with van der Waals surface area (Å²) in [6.45, 7) is 1.77. The van der Waals surface area contributed by atoms with Gasteiger partial charge in [-0.1, -0.05) is 35.3 Å². The summed E-state index contributed by atoms with van der Waals surface area (Å²) >= 11 is 11.8. The number of rotatable bonds is 1. The van der Waals surface area contributed by atoms with Crippen molar-refractivity contribution in [3.05, 3.63) is 57.7 Å². The van der Waals surface area contributed by atoms with Crippen molar-refractivity contribution in [1.82, 2.24) is 9.97 Å². The van der Waals surface area contributed by atoms with Crippen molar-refractivity contribution >= 4 is 34.1 Å². The number of halogens is 4. The molecule has 0 aliphatic heterocycles. The number of fused-ring (bicyclic) bond motifs is 1. The van der Waals surface area contributed by atoms with Crippen LogP contribution in [0.25, 0.3) is 22.3 Å². The van der Waals surface area contributed by atoms with Crippen molar-refractivity contribution in [2.45, 2.75) is 6.92 Å². The third kappa shape index (κ3) is 2.34. The molecule has 1 heterocycles. The lowest BCUT2D eigenvalue weighted by Gasteiger charge is -2.08. The van der Waals surface area contributed by atoms with Gasteiger partial charge in [0.2, 0.25) is 0 Å². The fourth-order valence-corrected chi connectivity index (χ4v) is 2.61. The van der Waals surface area contributed by atoms with E-state index in [2.05, 4.69) is 9.97 Å². The molecule has 0 saturated heterocycles. The van der Waals surface area contributed by atoms with Gasteiger partial charge in [-0.2, -0.15) is 0 Å². The molecule has 3 aromatic rings. The van der Waals surface area contributed by atoms with Crippen LogP contribution in [-0.4, -0.2) is 9.97 Å². The number of hydrogen-bond donors (Lipinski definition) is 0. The van der Waals surface area contributed by atoms with E-state index in [0.29, 0.717) is 5.39 Å². The average Bonchev–Trinajstić information content (AvgIpc) is 2.45. The molecule has 0 aliphatic rings. The van der Waals surface area contributed by atoms with E-state index in [4.69, 9.17) is 23.2 Å². The van der Waals surface area contributed by atoms with Gasteiger partial charge in [-0.15, -0.1) is 0 Å². The normalized spacial score (nSPS) is 11.1. The smallest absolute Gasteiger partial charge is 0.164 e. The SMILES string of the molecule is Cc1ccc(F)c2nc(-c3cccc(Cl)c3F)nc(Cl)c12. The van der Waals surface area contributed by atoms with Gasteiger partial charge in [0.15, 0.2) is 11.6 Å². The number of aryl methyl sites for hydroxylation is 1. The second-order valence-corrected chi connectivity index (χ2v) is 5.29. The van der Waals surface area contributed by atoms with Crippen LogP contribution in [0.4, 0.5) is 8.78 Å². The minimum Gasteiger partial charge on any atom is -0.225 e. The number of hydrogen-bond acceptors (Lipinski definition) is 2. The van der Waals surface area contributed by atoms with Crippen LogP contribution < -0.4 is 0 Å². The molecule has 106 valence electrons. The lowest BCUT2D eigenvalue weighted by molar-refractivity contribution is 0.629. The summed E-state index contributed by atoms with van der Waals surface area (Å²) in [7, 11) is 0. The topological polar surface area (TPSA) is 25.8 Å². The maximum Gasteiger partial charge on any atom is 0.164 e. The summed E-state index contributed by atoms with van der Waals surface area (Å²) in [6.07, 6.45) is 0. The van der Waals surface area contributed by atoms with Crippen molar-refractivity contribution in [2.75, 3.05) is 0 Å². The van der Waals surface area contributed by atoms with E-state index in [-0.39, 0.29) is 27.1 Å². The maximum atomic E-state index is 14.1. The molecule has 0 aliphatic carbocycles. The second kappa shape index (κ2) is 5.20. The third-order valence-electron chi connectivity index (χ3n) is 3.16. The van der Waals surface area contributed by atoms with Crippen molar-refractivity contribution in [3.8, 4) is 11.4 Å². The second-order valence-electron chi connectivity index (χ2n) is 4.53. The first kappa shape index (κ1) is 14.2. The Morgan fingerprint density at radius 3 is 2.52 bits per heavy atom. The summed E-state index contributed by atoms with van der Waals surface area (Å²) in [5.41, 5.74) is 0.881. The summed E-state index contributed by atoms with van der Waals surface area (Å²) < 4.78 is 28.0. The zero-order valence-electron chi connectivity index (χ0n) is 10.8. The van der Waals surface area contributed by atoms with Crippen molar-refractivity contribution in [1.29, 1.82) is 0 Å². The van der Waals surface area contributed by atoms with Crippen LogP contribution >= 0.6 is 23.2 Å². The molecule has 0 N–H and O–H groups in total. The highest BCUT2D eigenvalue weighted by Crippen LogP contribution is 2.31. The maximum absolute atomic E-state index is 14.1. The van der Waals surface area contributed by atoms with Crippen molar-refractivity contribution < 1.29 is 8.78 Å². The van der Waals surface area contributed by atoms with Gasteiger partial charge in [0.05, 0.1) is 10.6 Å². The molecule has 0 fully saturated rings. The Balaban J connectivity index is 2.36. The first-order chi connectivity index (χ1) is 9.99. The minimum absolute atomic E-state index is 0.00278. The van der Waals surface area contributed by atoms with E-state index >= 15 is 0 Å². The van der Waals surface area contributed by atoms with Gasteiger partial charge in [-0.25, -0.2) is 18.7 Å². The lowest BCUT2D eigenvalue weighted by atomic mass is 10.1. The first-order valence-corrected chi connectivity index (χ1v) is 6.81. The first-order valence-electron chi connectivity index (χ1n) is 6.06. The summed E-state index contributed by atoms with van der Waals surface area (Å²) in [5.74, 6) is -1.21. The van der Waals surface area contributed by atoms with Crippen LogP contribution in [0.3, 0.4) is 0 Å². The van der Waals surface area contributed by atoms with Crippen LogP contribution in [-0.2, 0) is 0 Å². The quantitative estimate of drug-likeness (QED) is 0.575. The molecule has 0 saturated carbocycles. The highest BCUT2D eigenvalue weighted by atomic mass is 35.5. The highest BCUT2D eigenvalue weighted by Gasteiger charge is 2.16. The average molecular weight is 325 g/mol. The van der Waals surface area contributed by atoms with Gasteiger partial charge in [-0.3, -0.25) is 0 Å². The summed E-state index contributed by atoms with van der Waals surface area (Å²) in [4.78, 5) is 8.16. The van der Waals surface area contributed by atoms with Gasteiger partial charge in [0.1, 0.15) is 16.5 Å². The van der Waals surface area contributed by atoms with E-state index in [0.717, 1.165) is 5.56 Å². The molecule has 0 spiro atoms. The Morgan fingerprint density at radius 1 is 1.00 bits per heavy atom. The van der Waals surface area contributed by atoms with Gasteiger partial charge < -0.3 is 0 Å². The van der Waals surface area contributed by atoms with E-state index in [1.165, 1.54) is 18.2 Å². The standard InChI is InChI=1S/C15H8Cl2F2N2/c1-7-5-6-10(18)13-11(7)14(17)21-15(20-13)8-3-2-4-9(16)12(8)19/h2-6H,1H3. The fraction of sp³-hybridized carbons (Fsp3) is 0.0667. The van der Waals surface area contributed by atoms with Crippen LogP contribution in [0.2, 0.25) is 10.2 Å². The van der Waals surface area contributed by atoms with Gasteiger partial charge in [-0.05, 0) is 30.7 Å². The molecule has 0 bridgehead atoms. The van der Waals surface area contributed by atoms with Gasteiger partial charge in [0.25, 0.3) is 0 Å². The summed E-state index contributed by atoms with van der Waals surface area (Å²) in [6, 6.07) is 7.32. The Labute approximate surface area is 129 Å². The molecule has 0 unspecified atom stereocenters. The number of aromatic nitrogens is 2. The Hall–Kier alpha value is -1.78. The molecular formula is C15H8Cl2F2N2. The zero-order chi connectivity index (χ0) is 15.1. The molecule has 0 amide bonds. The molecule has 1 aromatic heterocycles. The van der Waals surface area contributed by atoms with Gasteiger partial charge in [0, 0.05) is 5.39 Å². The molecule has 2 nitrogen and oxygen atoms in total.